The van der Waals surface area contributed by atoms with Crippen LogP contribution in [0.25, 0.3) is 0 Å². The molecule has 1 aromatic heterocycles. The molecular weight excluding hydrogens is 1780 g/mol. The van der Waals surface area contributed by atoms with E-state index in [1.165, 1.54) is 36.8 Å². The second kappa shape index (κ2) is 60.2. The number of aliphatic hydroxyl groups is 1. The fraction of sp³-hybridized carbons (Fsp3) is 0.534. The number of carbonyl (C=O) groups excluding carboxylic acids is 15. The standard InChI is InChI=1S/C88H129N21O27/c1-47(2)35-54(92)74(121)101-65(42-72(117)118)86(133)109-68(45-110)87(134)105-62(38-50-19-9-6-10-20-50)82(129)96-55(21-11-14-32-89)75(122)99-58(28-30-70(113)114)78(125)100-59(29-31-71(115)116)79(126)102-60(36-48(3)4)80(127)107-66(43-73(119)120)85(132)98-56(22-12-15-33-90)76(123)103-63(39-51-24-26-53(111)27-25-51)83(130)104-61(37-49-17-7-5-8-18-49)81(128)97-57(23-13-16-34-91)77(124)106-64(41-69(93)112)84(131)108-67(88(135)136)40-52-44-94-46-95-52/h5-10,17-20,24-27,44,46-48,54-68,110-111H,11-16,21-23,28-43,45,89-92H2,1-4H3,(H2,93,112)(H,94,95)(H,96,129)(H,97,128)(H,98,132)(H,99,122)(H,100,125)(H,101,121)(H,102,126)(H,103,123)(H,104,130)(H,105,134)(H,106,124)(H,107,127)(H,108,131)(H,109,133)(H,113,114)(H,115,116)(H,117,118)(H,119,120)(H,135,136)/t54-,55-,56-,57-,58-,59-,60-,61-,62-,63-,64-,65-,66-,67-,68-/m0/s1. The van der Waals surface area contributed by atoms with Gasteiger partial charge in [0, 0.05) is 44.7 Å². The van der Waals surface area contributed by atoms with Crippen molar-refractivity contribution in [2.24, 2.45) is 40.5 Å². The Morgan fingerprint density at radius 1 is 0.331 bits per heavy atom. The average Bonchev–Trinajstić information content (AvgIpc) is 1.09. The number of hydrogen-bond acceptors (Lipinski definition) is 27. The molecule has 32 N–H and O–H groups in total. The van der Waals surface area contributed by atoms with Crippen LogP contribution in [0.5, 0.6) is 5.75 Å². The monoisotopic (exact) mass is 1910 g/mol. The van der Waals surface area contributed by atoms with Gasteiger partial charge in [-0.15, -0.1) is 0 Å². The number of aromatic amines is 1. The van der Waals surface area contributed by atoms with Crippen LogP contribution in [0.2, 0.25) is 0 Å². The number of nitrogens with two attached hydrogens (primary N) is 5. The summed E-state index contributed by atoms with van der Waals surface area (Å²) in [6, 6.07) is -5.00. The lowest BCUT2D eigenvalue weighted by Crippen LogP contribution is -2.61. The third-order valence-corrected chi connectivity index (χ3v) is 21.0. The summed E-state index contributed by atoms with van der Waals surface area (Å²) < 4.78 is 0. The molecular formula is C88H129N21O27. The molecule has 0 aliphatic heterocycles. The Hall–Kier alpha value is -14.1. The molecule has 136 heavy (non-hydrogen) atoms. The van der Waals surface area contributed by atoms with E-state index >= 15 is 4.79 Å². The molecule has 4 rings (SSSR count). The number of nitrogens with one attached hydrogen (secondary N) is 15. The van der Waals surface area contributed by atoms with Crippen LogP contribution >= 0.6 is 0 Å². The number of phenols is 1. The molecule has 0 bridgehead atoms. The Balaban J connectivity index is 1.68. The first-order chi connectivity index (χ1) is 64.4. The molecule has 4 aromatic rings. The number of imidazole rings is 1. The maximum Gasteiger partial charge on any atom is 0.326 e. The molecule has 0 aliphatic rings. The number of primary amides is 1. The molecule has 0 unspecified atom stereocenters. The van der Waals surface area contributed by atoms with E-state index in [4.69, 9.17) is 28.7 Å². The van der Waals surface area contributed by atoms with Crippen molar-refractivity contribution in [3.8, 4) is 5.75 Å². The zero-order valence-electron chi connectivity index (χ0n) is 76.1. The summed E-state index contributed by atoms with van der Waals surface area (Å²) in [5.74, 6) is -26.2. The summed E-state index contributed by atoms with van der Waals surface area (Å²) >= 11 is 0. The highest BCUT2D eigenvalue weighted by Gasteiger charge is 2.40. The number of aliphatic hydroxyl groups excluding tert-OH is 1. The first-order valence-electron chi connectivity index (χ1n) is 44.4. The van der Waals surface area contributed by atoms with E-state index in [0.717, 1.165) is 0 Å². The van der Waals surface area contributed by atoms with Gasteiger partial charge in [0.25, 0.3) is 0 Å². The second-order valence-electron chi connectivity index (χ2n) is 33.3. The second-order valence-corrected chi connectivity index (χ2v) is 33.3. The van der Waals surface area contributed by atoms with E-state index in [2.05, 4.69) is 84.4 Å². The molecule has 48 heteroatoms. The van der Waals surface area contributed by atoms with Crippen molar-refractivity contribution in [1.82, 2.24) is 84.4 Å². The Morgan fingerprint density at radius 3 is 0.949 bits per heavy atom. The van der Waals surface area contributed by atoms with Crippen molar-refractivity contribution in [2.75, 3.05) is 26.2 Å². The fourth-order valence-electron chi connectivity index (χ4n) is 13.9. The van der Waals surface area contributed by atoms with E-state index in [0.29, 0.717) is 17.5 Å². The molecule has 748 valence electrons. The molecule has 0 saturated heterocycles. The minimum atomic E-state index is -2.13. The molecule has 3 aromatic carbocycles. The van der Waals surface area contributed by atoms with Gasteiger partial charge in [0.1, 0.15) is 90.3 Å². The number of aromatic nitrogens is 2. The third kappa shape index (κ3) is 43.3. The summed E-state index contributed by atoms with van der Waals surface area (Å²) in [6.07, 6.45) is -5.03. The zero-order chi connectivity index (χ0) is 101. The molecule has 0 saturated carbocycles. The average molecular weight is 1910 g/mol. The van der Waals surface area contributed by atoms with Gasteiger partial charge in [0.15, 0.2) is 0 Å². The van der Waals surface area contributed by atoms with Gasteiger partial charge >= 0.3 is 29.8 Å². The number of phenolic OH excluding ortho intramolecular Hbond substituents is 1. The number of hydrogen-bond donors (Lipinski definition) is 27. The number of aliphatic carboxylic acids is 5. The number of H-pyrrole nitrogens is 1. The van der Waals surface area contributed by atoms with Gasteiger partial charge in [-0.2, -0.15) is 0 Å². The van der Waals surface area contributed by atoms with Crippen molar-refractivity contribution in [3.63, 3.8) is 0 Å². The minimum absolute atomic E-state index is 0.0359. The first-order valence-corrected chi connectivity index (χ1v) is 44.4. The van der Waals surface area contributed by atoms with E-state index in [-0.39, 0.29) is 126 Å². The SMILES string of the molecule is CC(C)C[C@H](NC(=O)[C@H](CCC(=O)O)NC(=O)[C@H](CCC(=O)O)NC(=O)[C@H](CCCCN)NC(=O)[C@H](Cc1ccccc1)NC(=O)[C@H](CO)NC(=O)[C@H](CC(=O)O)NC(=O)[C@@H](N)CC(C)C)C(=O)N[C@@H](CC(=O)O)C(=O)N[C@@H](CCCCN)C(=O)N[C@@H](Cc1ccc(O)cc1)C(=O)N[C@@H](Cc1ccccc1)C(=O)N[C@@H](CCCCN)C(=O)N[C@@H](CC(N)=O)C(=O)N[C@@H](Cc1c[nH]cn1)C(=O)O. The number of carboxylic acids is 5. The van der Waals surface area contributed by atoms with Gasteiger partial charge in [0.05, 0.1) is 43.9 Å². The maximum absolute atomic E-state index is 15.1. The first kappa shape index (κ1) is 114. The quantitative estimate of drug-likeness (QED) is 0.0184. The van der Waals surface area contributed by atoms with E-state index in [1.807, 2.05) is 0 Å². The predicted octanol–water partition coefficient (Wildman–Crippen LogP) is -5.39. The lowest BCUT2D eigenvalue weighted by Gasteiger charge is -2.29. The number of amides is 15. The highest BCUT2D eigenvalue weighted by molar-refractivity contribution is 6.02. The molecule has 0 spiro atoms. The van der Waals surface area contributed by atoms with Crippen molar-refractivity contribution in [2.45, 2.75) is 260 Å². The number of carbonyl (C=O) groups is 20. The van der Waals surface area contributed by atoms with Crippen LogP contribution < -0.4 is 103 Å². The van der Waals surface area contributed by atoms with Crippen LogP contribution in [0.1, 0.15) is 166 Å². The highest BCUT2D eigenvalue weighted by atomic mass is 16.4. The van der Waals surface area contributed by atoms with Gasteiger partial charge in [-0.1, -0.05) is 100 Å². The summed E-state index contributed by atoms with van der Waals surface area (Å²) in [5, 5.41) is 104. The Morgan fingerprint density at radius 2 is 0.625 bits per heavy atom. The van der Waals surface area contributed by atoms with Gasteiger partial charge in [-0.05, 0) is 144 Å². The van der Waals surface area contributed by atoms with E-state index < -0.39 is 273 Å². The largest absolute Gasteiger partial charge is 0.508 e. The molecule has 0 fully saturated rings. The number of rotatable bonds is 66. The van der Waals surface area contributed by atoms with Crippen LogP contribution in [-0.2, 0) is 122 Å². The van der Waals surface area contributed by atoms with Crippen molar-refractivity contribution >= 4 is 118 Å². The molecule has 48 nitrogen and oxygen atoms in total. The van der Waals surface area contributed by atoms with Crippen LogP contribution in [0.15, 0.2) is 97.5 Å². The Labute approximate surface area is 783 Å². The summed E-state index contributed by atoms with van der Waals surface area (Å²) in [5.41, 5.74) is 30.3. The predicted molar refractivity (Wildman–Crippen MR) is 484 cm³/mol. The van der Waals surface area contributed by atoms with Crippen LogP contribution in [-0.4, -0.2) is 281 Å². The number of carboxylic acid groups (broad SMARTS) is 5. The van der Waals surface area contributed by atoms with Crippen molar-refractivity contribution in [3.05, 3.63) is 120 Å². The lowest BCUT2D eigenvalue weighted by molar-refractivity contribution is -0.142. The van der Waals surface area contributed by atoms with Crippen molar-refractivity contribution < 1.29 is 132 Å². The van der Waals surface area contributed by atoms with E-state index in [9.17, 15) is 127 Å². The summed E-state index contributed by atoms with van der Waals surface area (Å²) in [6.45, 7) is 5.69. The van der Waals surface area contributed by atoms with Crippen LogP contribution in [0.3, 0.4) is 0 Å². The van der Waals surface area contributed by atoms with E-state index in [1.54, 1.807) is 88.4 Å². The smallest absolute Gasteiger partial charge is 0.326 e. The summed E-state index contributed by atoms with van der Waals surface area (Å²) in [7, 11) is 0. The number of unbranched alkanes of at least 4 members (excludes halogenated alkanes) is 3. The van der Waals surface area contributed by atoms with Gasteiger partial charge in [0.2, 0.25) is 88.6 Å². The highest BCUT2D eigenvalue weighted by Crippen LogP contribution is 2.18. The lowest BCUT2D eigenvalue weighted by atomic mass is 10.00. The third-order valence-electron chi connectivity index (χ3n) is 21.0. The number of aromatic hydroxyl groups is 1. The van der Waals surface area contributed by atoms with Gasteiger partial charge < -0.3 is 144 Å². The number of benzene rings is 3. The topological polar surface area (TPSA) is 810 Å². The van der Waals surface area contributed by atoms with Gasteiger partial charge in [-0.25, -0.2) is 9.78 Å². The minimum Gasteiger partial charge on any atom is -0.508 e. The molecule has 0 radical (unpaired) electrons. The fourth-order valence-corrected chi connectivity index (χ4v) is 13.9. The van der Waals surface area contributed by atoms with Crippen LogP contribution in [0, 0.1) is 11.8 Å². The Kier molecular flexibility index (Phi) is 50.5. The van der Waals surface area contributed by atoms with Gasteiger partial charge in [-0.3, -0.25) is 91.1 Å². The normalized spacial score (nSPS) is 14.4. The maximum atomic E-state index is 15.1. The van der Waals surface area contributed by atoms with Crippen molar-refractivity contribution in [1.29, 1.82) is 0 Å². The molecule has 15 amide bonds. The summed E-state index contributed by atoms with van der Waals surface area (Å²) in [4.78, 5) is 282. The van der Waals surface area contributed by atoms with Crippen LogP contribution in [0.4, 0.5) is 0 Å². The molecule has 15 atom stereocenters. The number of nitrogens with zero attached hydrogens (tertiary/aromatic N) is 1. The molecule has 1 heterocycles. The Bertz CT molecular complexity index is 4650. The molecule has 0 aliphatic carbocycles. The zero-order valence-corrected chi connectivity index (χ0v) is 76.1.